The van der Waals surface area contributed by atoms with E-state index in [9.17, 15) is 0 Å². The summed E-state index contributed by atoms with van der Waals surface area (Å²) in [6.45, 7) is 1.80. The van der Waals surface area contributed by atoms with E-state index < -0.39 is 0 Å². The highest BCUT2D eigenvalue weighted by Gasteiger charge is 2.53. The van der Waals surface area contributed by atoms with Crippen molar-refractivity contribution >= 4 is 5.71 Å². The summed E-state index contributed by atoms with van der Waals surface area (Å²) in [4.78, 5) is 0. The summed E-state index contributed by atoms with van der Waals surface area (Å²) < 4.78 is 2.04. The maximum absolute atomic E-state index is 8.94. The Bertz CT molecular complexity index is 785. The lowest BCUT2D eigenvalue weighted by atomic mass is 9.49. The molecule has 4 saturated carbocycles. The van der Waals surface area contributed by atoms with E-state index in [-0.39, 0.29) is 5.41 Å². The molecule has 1 N–H and O–H groups in total. The molecule has 130 valence electrons. The zero-order chi connectivity index (χ0) is 17.0. The summed E-state index contributed by atoms with van der Waals surface area (Å²) >= 11 is 0. The van der Waals surface area contributed by atoms with Crippen molar-refractivity contribution in [1.29, 1.82) is 0 Å². The second-order valence-electron chi connectivity index (χ2n) is 8.46. The summed E-state index contributed by atoms with van der Waals surface area (Å²) in [5, 5.41) is 20.9. The maximum atomic E-state index is 8.94. The third-order valence-electron chi connectivity index (χ3n) is 6.81. The van der Waals surface area contributed by atoms with Gasteiger partial charge < -0.3 is 5.21 Å². The van der Waals surface area contributed by atoms with Crippen LogP contribution in [0.3, 0.4) is 0 Å². The van der Waals surface area contributed by atoms with Gasteiger partial charge in [0.15, 0.2) is 0 Å². The minimum atomic E-state index is 0.277. The minimum absolute atomic E-state index is 0.277. The summed E-state index contributed by atoms with van der Waals surface area (Å²) in [7, 11) is 0. The van der Waals surface area contributed by atoms with Crippen LogP contribution in [-0.2, 0) is 5.41 Å². The van der Waals surface area contributed by atoms with E-state index in [4.69, 9.17) is 5.21 Å². The fraction of sp³-hybridized carbons (Fsp3) is 0.550. The second-order valence-corrected chi connectivity index (χ2v) is 8.46. The Hall–Kier alpha value is -2.17. The molecular formula is C20H24N4O. The van der Waals surface area contributed by atoms with Crippen molar-refractivity contribution in [2.24, 2.45) is 22.9 Å². The largest absolute Gasteiger partial charge is 0.411 e. The van der Waals surface area contributed by atoms with Gasteiger partial charge >= 0.3 is 0 Å². The first kappa shape index (κ1) is 15.1. The summed E-state index contributed by atoms with van der Waals surface area (Å²) in [5.74, 6) is 2.71. The number of nitrogens with zero attached hydrogens (tertiary/aromatic N) is 4. The molecule has 4 aliphatic rings. The minimum Gasteiger partial charge on any atom is -0.411 e. The van der Waals surface area contributed by atoms with Crippen molar-refractivity contribution in [2.45, 2.75) is 50.9 Å². The molecule has 5 nitrogen and oxygen atoms in total. The molecule has 1 aromatic carbocycles. The third kappa shape index (κ3) is 2.32. The van der Waals surface area contributed by atoms with Gasteiger partial charge in [-0.15, -0.1) is 5.10 Å². The molecule has 0 saturated heterocycles. The molecule has 1 aromatic heterocycles. The lowest BCUT2D eigenvalue weighted by Crippen LogP contribution is -2.49. The van der Waals surface area contributed by atoms with E-state index in [2.05, 4.69) is 15.5 Å². The second kappa shape index (κ2) is 5.41. The molecule has 4 aliphatic carbocycles. The molecule has 0 radical (unpaired) electrons. The monoisotopic (exact) mass is 336 g/mol. The van der Waals surface area contributed by atoms with Crippen LogP contribution in [0.25, 0.3) is 5.69 Å². The molecule has 0 atom stereocenters. The Kier molecular flexibility index (Phi) is 3.27. The highest BCUT2D eigenvalue weighted by atomic mass is 16.4. The van der Waals surface area contributed by atoms with Crippen LogP contribution >= 0.6 is 0 Å². The highest BCUT2D eigenvalue weighted by molar-refractivity contribution is 5.98. The summed E-state index contributed by atoms with van der Waals surface area (Å²) in [6.07, 6.45) is 10.2. The molecule has 0 spiro atoms. The normalized spacial score (nSPS) is 33.8. The number of oxime groups is 1. The Balaban J connectivity index is 1.52. The predicted octanol–water partition coefficient (Wildman–Crippen LogP) is 3.93. The van der Waals surface area contributed by atoms with Gasteiger partial charge in [-0.3, -0.25) is 0 Å². The maximum Gasteiger partial charge on any atom is 0.0836 e. The highest BCUT2D eigenvalue weighted by Crippen LogP contribution is 2.60. The van der Waals surface area contributed by atoms with E-state index in [0.717, 1.165) is 29.0 Å². The Labute approximate surface area is 147 Å². The van der Waals surface area contributed by atoms with Crippen LogP contribution in [-0.4, -0.2) is 25.9 Å². The van der Waals surface area contributed by atoms with Gasteiger partial charge in [-0.25, -0.2) is 4.68 Å². The molecule has 6 rings (SSSR count). The zero-order valence-corrected chi connectivity index (χ0v) is 14.6. The van der Waals surface area contributed by atoms with Gasteiger partial charge in [0, 0.05) is 5.41 Å². The molecule has 0 aliphatic heterocycles. The lowest BCUT2D eigenvalue weighted by Gasteiger charge is -2.56. The van der Waals surface area contributed by atoms with Gasteiger partial charge in [0.25, 0.3) is 0 Å². The van der Waals surface area contributed by atoms with E-state index >= 15 is 0 Å². The number of rotatable bonds is 3. The third-order valence-corrected chi connectivity index (χ3v) is 6.81. The number of benzene rings is 1. The number of hydrogen-bond acceptors (Lipinski definition) is 4. The molecule has 0 amide bonds. The van der Waals surface area contributed by atoms with Crippen LogP contribution in [0, 0.1) is 17.8 Å². The average molecular weight is 336 g/mol. The fourth-order valence-electron chi connectivity index (χ4n) is 6.11. The van der Waals surface area contributed by atoms with Gasteiger partial charge in [0.05, 0.1) is 23.3 Å². The molecule has 0 unspecified atom stereocenters. The van der Waals surface area contributed by atoms with Gasteiger partial charge in [-0.05, 0) is 80.9 Å². The summed E-state index contributed by atoms with van der Waals surface area (Å²) in [6, 6.07) is 8.05. The van der Waals surface area contributed by atoms with Crippen LogP contribution in [0.4, 0.5) is 0 Å². The van der Waals surface area contributed by atoms with Crippen LogP contribution in [0.2, 0.25) is 0 Å². The predicted molar refractivity (Wildman–Crippen MR) is 95.2 cm³/mol. The van der Waals surface area contributed by atoms with Crippen molar-refractivity contribution in [3.63, 3.8) is 0 Å². The van der Waals surface area contributed by atoms with E-state index in [0.29, 0.717) is 5.71 Å². The van der Waals surface area contributed by atoms with Gasteiger partial charge in [0.2, 0.25) is 0 Å². The Morgan fingerprint density at radius 2 is 1.68 bits per heavy atom. The van der Waals surface area contributed by atoms with Crippen molar-refractivity contribution in [1.82, 2.24) is 15.0 Å². The molecule has 4 fully saturated rings. The smallest absolute Gasteiger partial charge is 0.0836 e. The van der Waals surface area contributed by atoms with E-state index in [1.165, 1.54) is 44.2 Å². The van der Waals surface area contributed by atoms with Crippen LogP contribution in [0.1, 0.15) is 56.7 Å². The summed E-state index contributed by atoms with van der Waals surface area (Å²) in [5.41, 5.74) is 4.15. The first-order valence-corrected chi connectivity index (χ1v) is 9.37. The molecule has 5 heteroatoms. The van der Waals surface area contributed by atoms with Crippen LogP contribution in [0.15, 0.2) is 35.6 Å². The average Bonchev–Trinajstić information content (AvgIpc) is 3.11. The van der Waals surface area contributed by atoms with Gasteiger partial charge in [-0.2, -0.15) is 0 Å². The zero-order valence-electron chi connectivity index (χ0n) is 14.6. The number of hydrogen-bond donors (Lipinski definition) is 1. The van der Waals surface area contributed by atoms with Crippen LogP contribution < -0.4 is 0 Å². The lowest BCUT2D eigenvalue weighted by molar-refractivity contribution is -0.00828. The molecule has 1 heterocycles. The first-order chi connectivity index (χ1) is 12.2. The van der Waals surface area contributed by atoms with Gasteiger partial charge in [-0.1, -0.05) is 22.5 Å². The van der Waals surface area contributed by atoms with Crippen molar-refractivity contribution < 1.29 is 5.21 Å². The standard InChI is InChI=1S/C20H24N4O/c1-13(22-25)17-2-4-18(5-3-17)24-19(12-21-23-24)20-9-14-6-15(10-20)8-16(7-14)11-20/h2-5,12,14-16,25H,6-11H2,1H3. The number of aromatic nitrogens is 3. The Morgan fingerprint density at radius 1 is 1.08 bits per heavy atom. The quantitative estimate of drug-likeness (QED) is 0.525. The SMILES string of the molecule is CC(=NO)c1ccc(-n2nncc2C23CC4CC(CC(C4)C2)C3)cc1. The van der Waals surface area contributed by atoms with Crippen LogP contribution in [0.5, 0.6) is 0 Å². The van der Waals surface area contributed by atoms with E-state index in [1.807, 2.05) is 35.1 Å². The molecule has 2 aromatic rings. The van der Waals surface area contributed by atoms with Crippen molar-refractivity contribution in [2.75, 3.05) is 0 Å². The molecular weight excluding hydrogens is 312 g/mol. The van der Waals surface area contributed by atoms with Gasteiger partial charge in [0.1, 0.15) is 0 Å². The topological polar surface area (TPSA) is 63.3 Å². The first-order valence-electron chi connectivity index (χ1n) is 9.37. The van der Waals surface area contributed by atoms with E-state index in [1.54, 1.807) is 6.92 Å². The van der Waals surface area contributed by atoms with Crippen molar-refractivity contribution in [3.05, 3.63) is 41.7 Å². The molecule has 4 bridgehead atoms. The Morgan fingerprint density at radius 3 is 2.24 bits per heavy atom. The molecule has 25 heavy (non-hydrogen) atoms. The van der Waals surface area contributed by atoms with Crippen molar-refractivity contribution in [3.8, 4) is 5.69 Å². The fourth-order valence-corrected chi connectivity index (χ4v) is 6.11.